The number of carbonyl (C=O) groups excluding carboxylic acids is 3. The Morgan fingerprint density at radius 2 is 1.77 bits per heavy atom. The van der Waals surface area contributed by atoms with Gasteiger partial charge in [0.1, 0.15) is 5.75 Å². The smallest absolute Gasteiger partial charge is 0.336 e. The molecule has 7 heteroatoms. The summed E-state index contributed by atoms with van der Waals surface area (Å²) in [6.07, 6.45) is -0.152. The Kier molecular flexibility index (Phi) is 6.74. The van der Waals surface area contributed by atoms with Crippen LogP contribution in [0.1, 0.15) is 25.8 Å². The number of amides is 2. The van der Waals surface area contributed by atoms with Crippen LogP contribution in [0.2, 0.25) is 0 Å². The number of hydrogen-bond acceptors (Lipinski definition) is 5. The van der Waals surface area contributed by atoms with Gasteiger partial charge in [0, 0.05) is 17.8 Å². The predicted molar refractivity (Wildman–Crippen MR) is 118 cm³/mol. The SMILES string of the molecule is CCOC(=O)C1=C(C)N(c2ccc(C)cc2)C(=O)C[C@@H]1C(=O)Nc1ccccc1OC. The number of aryl methyl sites for hydroxylation is 1. The van der Waals surface area contributed by atoms with Gasteiger partial charge in [-0.2, -0.15) is 0 Å². The van der Waals surface area contributed by atoms with Crippen molar-refractivity contribution >= 4 is 29.2 Å². The van der Waals surface area contributed by atoms with Gasteiger partial charge in [0.25, 0.3) is 0 Å². The zero-order chi connectivity index (χ0) is 22.5. The van der Waals surface area contributed by atoms with E-state index in [9.17, 15) is 14.4 Å². The fourth-order valence-corrected chi connectivity index (χ4v) is 3.65. The maximum absolute atomic E-state index is 13.2. The maximum atomic E-state index is 13.2. The zero-order valence-electron chi connectivity index (χ0n) is 18.1. The molecule has 7 nitrogen and oxygen atoms in total. The standard InChI is InChI=1S/C24H26N2O5/c1-5-31-24(29)22-16(3)26(17-12-10-15(2)11-13-17)21(27)14-18(22)23(28)25-19-8-6-7-9-20(19)30-4/h6-13,18H,5,14H2,1-4H3,(H,25,28)/t18-/m0/s1. The molecule has 2 amide bonds. The summed E-state index contributed by atoms with van der Waals surface area (Å²) in [5.41, 5.74) is 2.71. The highest BCUT2D eigenvalue weighted by Gasteiger charge is 2.40. The van der Waals surface area contributed by atoms with Crippen LogP contribution in [0.4, 0.5) is 11.4 Å². The van der Waals surface area contributed by atoms with Gasteiger partial charge in [0.05, 0.1) is 30.9 Å². The summed E-state index contributed by atoms with van der Waals surface area (Å²) in [6.45, 7) is 5.47. The zero-order valence-corrected chi connectivity index (χ0v) is 18.1. The Morgan fingerprint density at radius 3 is 2.42 bits per heavy atom. The van der Waals surface area contributed by atoms with Crippen molar-refractivity contribution in [3.63, 3.8) is 0 Å². The first-order chi connectivity index (χ1) is 14.9. The van der Waals surface area contributed by atoms with Crippen molar-refractivity contribution in [2.45, 2.75) is 27.2 Å². The van der Waals surface area contributed by atoms with E-state index in [0.717, 1.165) is 5.56 Å². The van der Waals surface area contributed by atoms with Gasteiger partial charge in [0.2, 0.25) is 11.8 Å². The van der Waals surface area contributed by atoms with E-state index in [-0.39, 0.29) is 24.5 Å². The second-order valence-corrected chi connectivity index (χ2v) is 7.23. The van der Waals surface area contributed by atoms with Gasteiger partial charge in [-0.15, -0.1) is 0 Å². The molecule has 1 heterocycles. The molecule has 0 aromatic heterocycles. The van der Waals surface area contributed by atoms with E-state index in [0.29, 0.717) is 22.8 Å². The number of benzene rings is 2. The molecular weight excluding hydrogens is 396 g/mol. The number of para-hydroxylation sites is 2. The highest BCUT2D eigenvalue weighted by Crippen LogP contribution is 2.35. The Hall–Kier alpha value is -3.61. The summed E-state index contributed by atoms with van der Waals surface area (Å²) in [5, 5.41) is 2.78. The van der Waals surface area contributed by atoms with Crippen LogP contribution in [0, 0.1) is 12.8 Å². The van der Waals surface area contributed by atoms with E-state index in [2.05, 4.69) is 5.32 Å². The third-order valence-corrected chi connectivity index (χ3v) is 5.17. The lowest BCUT2D eigenvalue weighted by Crippen LogP contribution is -2.43. The summed E-state index contributed by atoms with van der Waals surface area (Å²) >= 11 is 0. The number of anilines is 2. The fraction of sp³-hybridized carbons (Fsp3) is 0.292. The molecule has 0 spiro atoms. The second kappa shape index (κ2) is 9.47. The first-order valence-corrected chi connectivity index (χ1v) is 10.1. The van der Waals surface area contributed by atoms with Crippen molar-refractivity contribution in [3.8, 4) is 5.75 Å². The quantitative estimate of drug-likeness (QED) is 0.715. The predicted octanol–water partition coefficient (Wildman–Crippen LogP) is 3.83. The van der Waals surface area contributed by atoms with Gasteiger partial charge < -0.3 is 14.8 Å². The molecule has 0 fully saturated rings. The van der Waals surface area contributed by atoms with Crippen LogP contribution in [-0.4, -0.2) is 31.5 Å². The third kappa shape index (κ3) is 4.60. The van der Waals surface area contributed by atoms with Gasteiger partial charge in [-0.3, -0.25) is 14.5 Å². The molecule has 162 valence electrons. The van der Waals surface area contributed by atoms with Crippen molar-refractivity contribution in [3.05, 3.63) is 65.4 Å². The number of allylic oxidation sites excluding steroid dienone is 1. The molecule has 2 aromatic rings. The number of rotatable bonds is 6. The average molecular weight is 422 g/mol. The number of hydrogen-bond donors (Lipinski definition) is 1. The average Bonchev–Trinajstić information content (AvgIpc) is 2.75. The van der Waals surface area contributed by atoms with E-state index in [1.807, 2.05) is 31.2 Å². The molecule has 0 bridgehead atoms. The Balaban J connectivity index is 2.01. The third-order valence-electron chi connectivity index (χ3n) is 5.17. The van der Waals surface area contributed by atoms with Crippen molar-refractivity contribution in [1.82, 2.24) is 0 Å². The van der Waals surface area contributed by atoms with Gasteiger partial charge >= 0.3 is 5.97 Å². The molecule has 31 heavy (non-hydrogen) atoms. The Morgan fingerprint density at radius 1 is 1.10 bits per heavy atom. The molecule has 1 N–H and O–H groups in total. The van der Waals surface area contributed by atoms with E-state index in [4.69, 9.17) is 9.47 Å². The van der Waals surface area contributed by atoms with Crippen molar-refractivity contribution in [2.75, 3.05) is 23.9 Å². The summed E-state index contributed by atoms with van der Waals surface area (Å²) in [7, 11) is 1.50. The van der Waals surface area contributed by atoms with Crippen molar-refractivity contribution in [2.24, 2.45) is 5.92 Å². The highest BCUT2D eigenvalue weighted by molar-refractivity contribution is 6.10. The monoisotopic (exact) mass is 422 g/mol. The molecule has 2 aromatic carbocycles. The normalized spacial score (nSPS) is 16.2. The lowest BCUT2D eigenvalue weighted by Gasteiger charge is -2.33. The molecule has 0 saturated heterocycles. The van der Waals surface area contributed by atoms with Crippen molar-refractivity contribution < 1.29 is 23.9 Å². The van der Waals surface area contributed by atoms with E-state index >= 15 is 0 Å². The van der Waals surface area contributed by atoms with Crippen LogP contribution >= 0.6 is 0 Å². The molecule has 0 aliphatic carbocycles. The number of carbonyl (C=O) groups is 3. The van der Waals surface area contributed by atoms with Crippen LogP contribution in [0.25, 0.3) is 0 Å². The largest absolute Gasteiger partial charge is 0.495 e. The minimum absolute atomic E-state index is 0.152. The summed E-state index contributed by atoms with van der Waals surface area (Å²) in [5.74, 6) is -1.83. The molecule has 0 saturated carbocycles. The maximum Gasteiger partial charge on any atom is 0.336 e. The molecular formula is C24H26N2O5. The minimum atomic E-state index is -0.974. The summed E-state index contributed by atoms with van der Waals surface area (Å²) in [4.78, 5) is 40.5. The highest BCUT2D eigenvalue weighted by atomic mass is 16.5. The molecule has 1 aliphatic heterocycles. The van der Waals surface area contributed by atoms with Crippen molar-refractivity contribution in [1.29, 1.82) is 0 Å². The van der Waals surface area contributed by atoms with Crippen LogP contribution in [0.15, 0.2) is 59.8 Å². The molecule has 0 unspecified atom stereocenters. The minimum Gasteiger partial charge on any atom is -0.495 e. The molecule has 1 atom stereocenters. The Labute approximate surface area is 181 Å². The lowest BCUT2D eigenvalue weighted by atomic mass is 9.88. The molecule has 3 rings (SSSR count). The topological polar surface area (TPSA) is 84.9 Å². The van der Waals surface area contributed by atoms with Gasteiger partial charge in [-0.05, 0) is 45.0 Å². The Bertz CT molecular complexity index is 1030. The first kappa shape index (κ1) is 22.1. The molecule has 1 aliphatic rings. The number of esters is 1. The summed E-state index contributed by atoms with van der Waals surface area (Å²) in [6, 6.07) is 14.4. The van der Waals surface area contributed by atoms with Crippen LogP contribution in [-0.2, 0) is 19.1 Å². The molecule has 0 radical (unpaired) electrons. The van der Waals surface area contributed by atoms with Crippen LogP contribution in [0.3, 0.4) is 0 Å². The van der Waals surface area contributed by atoms with E-state index in [1.54, 1.807) is 38.1 Å². The van der Waals surface area contributed by atoms with Crippen LogP contribution < -0.4 is 15.0 Å². The van der Waals surface area contributed by atoms with E-state index in [1.165, 1.54) is 12.0 Å². The van der Waals surface area contributed by atoms with Crippen LogP contribution in [0.5, 0.6) is 5.75 Å². The summed E-state index contributed by atoms with van der Waals surface area (Å²) < 4.78 is 10.5. The lowest BCUT2D eigenvalue weighted by molar-refractivity contribution is -0.141. The number of ether oxygens (including phenoxy) is 2. The van der Waals surface area contributed by atoms with E-state index < -0.39 is 17.8 Å². The second-order valence-electron chi connectivity index (χ2n) is 7.23. The van der Waals surface area contributed by atoms with Gasteiger partial charge in [-0.25, -0.2) is 4.79 Å². The van der Waals surface area contributed by atoms with Gasteiger partial charge in [0.15, 0.2) is 0 Å². The first-order valence-electron chi connectivity index (χ1n) is 10.1. The number of nitrogens with one attached hydrogen (secondary N) is 1. The number of methoxy groups -OCH3 is 1. The number of nitrogens with zero attached hydrogens (tertiary/aromatic N) is 1. The van der Waals surface area contributed by atoms with Gasteiger partial charge in [-0.1, -0.05) is 29.8 Å². The fourth-order valence-electron chi connectivity index (χ4n) is 3.65.